The number of carbonyl (C=O) groups excluding carboxylic acids is 1. The van der Waals surface area contributed by atoms with E-state index < -0.39 is 0 Å². The van der Waals surface area contributed by atoms with Gasteiger partial charge in [0.05, 0.1) is 0 Å². The van der Waals surface area contributed by atoms with E-state index in [9.17, 15) is 4.79 Å². The van der Waals surface area contributed by atoms with Crippen molar-refractivity contribution in [2.24, 2.45) is 0 Å². The van der Waals surface area contributed by atoms with Crippen molar-refractivity contribution < 1.29 is 4.79 Å². The summed E-state index contributed by atoms with van der Waals surface area (Å²) in [5.74, 6) is 1.18. The minimum absolute atomic E-state index is 0.186. The van der Waals surface area contributed by atoms with Crippen LogP contribution >= 0.6 is 23.2 Å². The molecule has 0 atom stereocenters. The van der Waals surface area contributed by atoms with Crippen LogP contribution in [0.2, 0.25) is 0 Å². The molecule has 6 heteroatoms. The molecule has 2 N–H and O–H groups in total. The first-order chi connectivity index (χ1) is 7.19. The molecule has 4 nitrogen and oxygen atoms in total. The Balaban J connectivity index is 2.73. The van der Waals surface area contributed by atoms with Crippen molar-refractivity contribution in [2.45, 2.75) is 0 Å². The van der Waals surface area contributed by atoms with Crippen molar-refractivity contribution in [3.8, 4) is 0 Å². The molecule has 15 heavy (non-hydrogen) atoms. The maximum absolute atomic E-state index is 11.6. The lowest BCUT2D eigenvalue weighted by Crippen LogP contribution is -2.42. The SMILES string of the molecule is C=C1NC=C(N(CCCl)CCCl)C(=O)N1. The molecule has 0 aromatic heterocycles. The number of nitrogens with zero attached hydrogens (tertiary/aromatic N) is 1. The average molecular weight is 250 g/mol. The third kappa shape index (κ3) is 3.32. The molecule has 0 aromatic rings. The van der Waals surface area contributed by atoms with E-state index in [4.69, 9.17) is 23.2 Å². The van der Waals surface area contributed by atoms with Gasteiger partial charge in [0.2, 0.25) is 0 Å². The van der Waals surface area contributed by atoms with Gasteiger partial charge < -0.3 is 15.5 Å². The summed E-state index contributed by atoms with van der Waals surface area (Å²) in [4.78, 5) is 13.4. The molecule has 0 fully saturated rings. The van der Waals surface area contributed by atoms with Gasteiger partial charge in [-0.25, -0.2) is 0 Å². The zero-order valence-electron chi connectivity index (χ0n) is 8.22. The molecule has 84 valence electrons. The number of carbonyl (C=O) groups is 1. The maximum Gasteiger partial charge on any atom is 0.274 e. The minimum Gasteiger partial charge on any atom is -0.364 e. The van der Waals surface area contributed by atoms with Gasteiger partial charge in [-0.2, -0.15) is 0 Å². The first kappa shape index (κ1) is 12.2. The van der Waals surface area contributed by atoms with Crippen LogP contribution in [0.5, 0.6) is 0 Å². The average Bonchev–Trinajstić information content (AvgIpc) is 2.17. The van der Waals surface area contributed by atoms with Gasteiger partial charge in [-0.05, 0) is 0 Å². The van der Waals surface area contributed by atoms with Crippen LogP contribution in [0.4, 0.5) is 0 Å². The van der Waals surface area contributed by atoms with Crippen LogP contribution in [0.15, 0.2) is 24.3 Å². The van der Waals surface area contributed by atoms with Gasteiger partial charge >= 0.3 is 0 Å². The molecular formula is C9H13Cl2N3O. The Hall–Kier alpha value is -0.870. The Bertz CT molecular complexity index is 285. The predicted octanol–water partition coefficient (Wildman–Crippen LogP) is 0.798. The third-order valence-electron chi connectivity index (χ3n) is 1.93. The van der Waals surface area contributed by atoms with Crippen LogP contribution in [0, 0.1) is 0 Å². The van der Waals surface area contributed by atoms with Crippen molar-refractivity contribution in [2.75, 3.05) is 24.8 Å². The minimum atomic E-state index is -0.186. The fraction of sp³-hybridized carbons (Fsp3) is 0.444. The van der Waals surface area contributed by atoms with Gasteiger partial charge in [-0.1, -0.05) is 6.58 Å². The number of nitrogens with one attached hydrogen (secondary N) is 2. The van der Waals surface area contributed by atoms with Gasteiger partial charge in [-0.15, -0.1) is 23.2 Å². The van der Waals surface area contributed by atoms with Gasteiger partial charge in [0, 0.05) is 31.0 Å². The fourth-order valence-corrected chi connectivity index (χ4v) is 1.66. The van der Waals surface area contributed by atoms with Crippen molar-refractivity contribution >= 4 is 29.1 Å². The molecule has 0 saturated heterocycles. The van der Waals surface area contributed by atoms with Crippen LogP contribution < -0.4 is 10.6 Å². The quantitative estimate of drug-likeness (QED) is 0.709. The number of alkyl halides is 2. The smallest absolute Gasteiger partial charge is 0.274 e. The standard InChI is InChI=1S/C9H13Cl2N3O/c1-7-12-6-8(9(15)13-7)14(4-2-10)5-3-11/h6,12H,1-5H2,(H,13,15). The summed E-state index contributed by atoms with van der Waals surface area (Å²) in [6.07, 6.45) is 1.61. The Labute approximate surface area is 98.9 Å². The zero-order valence-corrected chi connectivity index (χ0v) is 9.74. The number of hydrogen-bond donors (Lipinski definition) is 2. The molecule has 1 aliphatic heterocycles. The second-order valence-corrected chi connectivity index (χ2v) is 3.73. The Kier molecular flexibility index (Phi) is 4.78. The van der Waals surface area contributed by atoms with Crippen molar-refractivity contribution in [3.05, 3.63) is 24.3 Å². The highest BCUT2D eigenvalue weighted by Crippen LogP contribution is 2.08. The fourth-order valence-electron chi connectivity index (χ4n) is 1.25. The van der Waals surface area contributed by atoms with E-state index in [0.29, 0.717) is 36.4 Å². The van der Waals surface area contributed by atoms with Crippen molar-refractivity contribution in [1.82, 2.24) is 15.5 Å². The second-order valence-electron chi connectivity index (χ2n) is 2.97. The van der Waals surface area contributed by atoms with Crippen LogP contribution in [0.3, 0.4) is 0 Å². The van der Waals surface area contributed by atoms with Crippen LogP contribution in [0.1, 0.15) is 0 Å². The predicted molar refractivity (Wildman–Crippen MR) is 61.5 cm³/mol. The Morgan fingerprint density at radius 3 is 2.40 bits per heavy atom. The number of hydrogen-bond acceptors (Lipinski definition) is 3. The normalized spacial score (nSPS) is 15.5. The van der Waals surface area contributed by atoms with E-state index in [1.165, 1.54) is 0 Å². The zero-order chi connectivity index (χ0) is 11.3. The molecule has 1 amide bonds. The van der Waals surface area contributed by atoms with E-state index in [1.54, 1.807) is 6.20 Å². The molecule has 1 aliphatic rings. The first-order valence-electron chi connectivity index (χ1n) is 4.53. The number of rotatable bonds is 5. The van der Waals surface area contributed by atoms with Crippen LogP contribution in [-0.4, -0.2) is 35.7 Å². The molecule has 0 aromatic carbocycles. The lowest BCUT2D eigenvalue weighted by Gasteiger charge is -2.28. The van der Waals surface area contributed by atoms with Gasteiger partial charge in [0.15, 0.2) is 0 Å². The Morgan fingerprint density at radius 2 is 1.93 bits per heavy atom. The Morgan fingerprint density at radius 1 is 1.33 bits per heavy atom. The maximum atomic E-state index is 11.6. The van der Waals surface area contributed by atoms with Crippen molar-refractivity contribution in [3.63, 3.8) is 0 Å². The summed E-state index contributed by atoms with van der Waals surface area (Å²) in [5.41, 5.74) is 0.531. The van der Waals surface area contributed by atoms with Crippen molar-refractivity contribution in [1.29, 1.82) is 0 Å². The summed E-state index contributed by atoms with van der Waals surface area (Å²) >= 11 is 11.3. The topological polar surface area (TPSA) is 44.4 Å². The summed E-state index contributed by atoms with van der Waals surface area (Å²) < 4.78 is 0. The molecular weight excluding hydrogens is 237 g/mol. The van der Waals surface area contributed by atoms with E-state index >= 15 is 0 Å². The summed E-state index contributed by atoms with van der Waals surface area (Å²) in [6, 6.07) is 0. The van der Waals surface area contributed by atoms with Gasteiger partial charge in [-0.3, -0.25) is 4.79 Å². The molecule has 0 aliphatic carbocycles. The van der Waals surface area contributed by atoms with E-state index in [1.807, 2.05) is 4.90 Å². The molecule has 1 rings (SSSR count). The van der Waals surface area contributed by atoms with Gasteiger partial charge in [0.1, 0.15) is 11.5 Å². The summed E-state index contributed by atoms with van der Waals surface area (Å²) in [7, 11) is 0. The summed E-state index contributed by atoms with van der Waals surface area (Å²) in [5, 5.41) is 5.43. The third-order valence-corrected chi connectivity index (χ3v) is 2.27. The lowest BCUT2D eigenvalue weighted by atomic mass is 10.3. The molecule has 0 saturated carbocycles. The molecule has 0 spiro atoms. The first-order valence-corrected chi connectivity index (χ1v) is 5.59. The van der Waals surface area contributed by atoms with E-state index in [-0.39, 0.29) is 5.91 Å². The monoisotopic (exact) mass is 249 g/mol. The molecule has 1 heterocycles. The van der Waals surface area contributed by atoms with Crippen LogP contribution in [0.25, 0.3) is 0 Å². The summed E-state index contributed by atoms with van der Waals surface area (Å²) in [6.45, 7) is 4.76. The largest absolute Gasteiger partial charge is 0.364 e. The molecule has 0 bridgehead atoms. The van der Waals surface area contributed by atoms with E-state index in [2.05, 4.69) is 17.2 Å². The number of halogens is 2. The second kappa shape index (κ2) is 5.88. The highest BCUT2D eigenvalue weighted by atomic mass is 35.5. The highest BCUT2D eigenvalue weighted by molar-refractivity contribution is 6.18. The highest BCUT2D eigenvalue weighted by Gasteiger charge is 2.20. The number of amides is 1. The lowest BCUT2D eigenvalue weighted by molar-refractivity contribution is -0.118. The van der Waals surface area contributed by atoms with E-state index in [0.717, 1.165) is 0 Å². The van der Waals surface area contributed by atoms with Crippen LogP contribution in [-0.2, 0) is 4.79 Å². The molecule has 0 unspecified atom stereocenters. The van der Waals surface area contributed by atoms with Gasteiger partial charge in [0.25, 0.3) is 5.91 Å². The molecule has 0 radical (unpaired) electrons.